The first-order valence-electron chi connectivity index (χ1n) is 6.91. The van der Waals surface area contributed by atoms with Gasteiger partial charge < -0.3 is 0 Å². The highest BCUT2D eigenvalue weighted by molar-refractivity contribution is 6.32. The van der Waals surface area contributed by atoms with Crippen molar-refractivity contribution in [2.45, 2.75) is 26.7 Å². The first-order valence-corrected chi connectivity index (χ1v) is 7.28. The molecule has 0 amide bonds. The number of hydrogen-bond donors (Lipinski definition) is 2. The van der Waals surface area contributed by atoms with Crippen LogP contribution in [0.2, 0.25) is 5.02 Å². The van der Waals surface area contributed by atoms with Gasteiger partial charge in [0.25, 0.3) is 0 Å². The molecule has 0 aliphatic rings. The van der Waals surface area contributed by atoms with E-state index in [2.05, 4.69) is 20.8 Å². The number of hydrogen-bond acceptors (Lipinski definition) is 5. The number of halogens is 1. The molecule has 112 valence electrons. The van der Waals surface area contributed by atoms with E-state index in [1.54, 1.807) is 12.1 Å². The van der Waals surface area contributed by atoms with Gasteiger partial charge in [-0.3, -0.25) is 5.43 Å². The van der Waals surface area contributed by atoms with Gasteiger partial charge in [0.1, 0.15) is 5.82 Å². The Kier molecular flexibility index (Phi) is 5.30. The summed E-state index contributed by atoms with van der Waals surface area (Å²) in [7, 11) is 0. The minimum absolute atomic E-state index is 0.272. The van der Waals surface area contributed by atoms with Gasteiger partial charge in [0.05, 0.1) is 10.7 Å². The van der Waals surface area contributed by atoms with Crippen LogP contribution < -0.4 is 16.5 Å². The summed E-state index contributed by atoms with van der Waals surface area (Å²) in [6, 6.07) is 7.14. The second-order valence-electron chi connectivity index (χ2n) is 4.44. The van der Waals surface area contributed by atoms with Crippen molar-refractivity contribution in [3.05, 3.63) is 45.6 Å². The van der Waals surface area contributed by atoms with Crippen molar-refractivity contribution in [1.82, 2.24) is 20.0 Å². The molecule has 0 bridgehead atoms. The lowest BCUT2D eigenvalue weighted by Crippen LogP contribution is -2.31. The Morgan fingerprint density at radius 3 is 2.67 bits per heavy atom. The maximum Gasteiger partial charge on any atom is 0.356 e. The topological polar surface area (TPSA) is 71.8 Å². The molecule has 21 heavy (non-hydrogen) atoms. The smallest absolute Gasteiger partial charge is 0.289 e. The van der Waals surface area contributed by atoms with Crippen LogP contribution in [0.3, 0.4) is 0 Å². The summed E-state index contributed by atoms with van der Waals surface area (Å²) < 4.78 is 1.44. The Balaban J connectivity index is 2.43. The van der Waals surface area contributed by atoms with Crippen molar-refractivity contribution in [2.75, 3.05) is 12.0 Å². The minimum Gasteiger partial charge on any atom is -0.289 e. The quantitative estimate of drug-likeness (QED) is 0.632. The number of benzene rings is 1. The normalized spacial score (nSPS) is 10.6. The van der Waals surface area contributed by atoms with Gasteiger partial charge in [-0.2, -0.15) is 9.97 Å². The van der Waals surface area contributed by atoms with E-state index in [1.165, 1.54) is 4.57 Å². The Labute approximate surface area is 128 Å². The van der Waals surface area contributed by atoms with Crippen LogP contribution in [0.15, 0.2) is 29.1 Å². The van der Waals surface area contributed by atoms with Gasteiger partial charge >= 0.3 is 5.69 Å². The molecule has 0 saturated carbocycles. The number of nitrogens with one attached hydrogen (secondary N) is 2. The number of rotatable bonds is 6. The Hall–Kier alpha value is -1.92. The molecule has 0 aliphatic carbocycles. The fourth-order valence-electron chi connectivity index (χ4n) is 1.88. The van der Waals surface area contributed by atoms with E-state index in [-0.39, 0.29) is 5.95 Å². The van der Waals surface area contributed by atoms with E-state index in [9.17, 15) is 4.79 Å². The SMILES string of the molecule is CCCNNc1nc(CC)n(-c2ccccc2Cl)c(=O)n1. The molecule has 1 aromatic heterocycles. The molecule has 1 heterocycles. The highest BCUT2D eigenvalue weighted by Gasteiger charge is 2.12. The number of aromatic nitrogens is 3. The minimum atomic E-state index is -0.407. The Bertz CT molecular complexity index is 671. The fourth-order valence-corrected chi connectivity index (χ4v) is 2.10. The van der Waals surface area contributed by atoms with Crippen molar-refractivity contribution in [2.24, 2.45) is 0 Å². The zero-order valence-corrected chi connectivity index (χ0v) is 12.8. The van der Waals surface area contributed by atoms with E-state index < -0.39 is 5.69 Å². The van der Waals surface area contributed by atoms with Gasteiger partial charge in [-0.05, 0) is 18.6 Å². The van der Waals surface area contributed by atoms with Crippen LogP contribution in [-0.2, 0) is 6.42 Å². The standard InChI is InChI=1S/C14H18ClN5O/c1-3-9-16-19-13-17-12(4-2)20(14(21)18-13)11-8-6-5-7-10(11)15/h5-8,16H,3-4,9H2,1-2H3,(H,18,19,21). The second kappa shape index (κ2) is 7.19. The summed E-state index contributed by atoms with van der Waals surface area (Å²) in [6.07, 6.45) is 1.55. The second-order valence-corrected chi connectivity index (χ2v) is 4.85. The van der Waals surface area contributed by atoms with Crippen LogP contribution in [0.25, 0.3) is 5.69 Å². The lowest BCUT2D eigenvalue weighted by Gasteiger charge is -2.13. The largest absolute Gasteiger partial charge is 0.356 e. The van der Waals surface area contributed by atoms with Crippen molar-refractivity contribution >= 4 is 17.5 Å². The van der Waals surface area contributed by atoms with Gasteiger partial charge in [-0.15, -0.1) is 0 Å². The van der Waals surface area contributed by atoms with Crippen molar-refractivity contribution in [3.8, 4) is 5.69 Å². The fraction of sp³-hybridized carbons (Fsp3) is 0.357. The number of hydrazine groups is 1. The average Bonchev–Trinajstić information content (AvgIpc) is 2.48. The van der Waals surface area contributed by atoms with Gasteiger partial charge in [0.15, 0.2) is 0 Å². The average molecular weight is 308 g/mol. The Morgan fingerprint density at radius 1 is 1.24 bits per heavy atom. The van der Waals surface area contributed by atoms with Crippen molar-refractivity contribution < 1.29 is 0 Å². The van der Waals surface area contributed by atoms with Crippen LogP contribution in [0.5, 0.6) is 0 Å². The molecular weight excluding hydrogens is 290 g/mol. The van der Waals surface area contributed by atoms with Crippen LogP contribution in [-0.4, -0.2) is 21.1 Å². The molecule has 6 nitrogen and oxygen atoms in total. The third-order valence-corrected chi connectivity index (χ3v) is 3.19. The van der Waals surface area contributed by atoms with E-state index in [4.69, 9.17) is 11.6 Å². The number of anilines is 1. The molecule has 2 rings (SSSR count). The summed E-state index contributed by atoms with van der Waals surface area (Å²) in [5, 5.41) is 0.489. The summed E-state index contributed by atoms with van der Waals surface area (Å²) in [6.45, 7) is 4.74. The zero-order valence-electron chi connectivity index (χ0n) is 12.1. The van der Waals surface area contributed by atoms with Gasteiger partial charge in [-0.1, -0.05) is 37.6 Å². The molecule has 7 heteroatoms. The number of nitrogens with zero attached hydrogens (tertiary/aromatic N) is 3. The summed E-state index contributed by atoms with van der Waals surface area (Å²) in [5.74, 6) is 0.873. The summed E-state index contributed by atoms with van der Waals surface area (Å²) in [5.41, 5.74) is 5.97. The van der Waals surface area contributed by atoms with E-state index in [0.29, 0.717) is 23.0 Å². The molecule has 0 spiro atoms. The lowest BCUT2D eigenvalue weighted by molar-refractivity contribution is 0.722. The number of para-hydroxylation sites is 1. The van der Waals surface area contributed by atoms with E-state index >= 15 is 0 Å². The molecule has 0 radical (unpaired) electrons. The predicted octanol–water partition coefficient (Wildman–Crippen LogP) is 2.17. The lowest BCUT2D eigenvalue weighted by atomic mass is 10.3. The third-order valence-electron chi connectivity index (χ3n) is 2.87. The monoisotopic (exact) mass is 307 g/mol. The highest BCUT2D eigenvalue weighted by Crippen LogP contribution is 2.19. The molecular formula is C14H18ClN5O. The highest BCUT2D eigenvalue weighted by atomic mass is 35.5. The zero-order chi connectivity index (χ0) is 15.2. The molecule has 0 aliphatic heterocycles. The van der Waals surface area contributed by atoms with Crippen LogP contribution in [0.4, 0.5) is 5.95 Å². The molecule has 2 N–H and O–H groups in total. The first kappa shape index (κ1) is 15.5. The maximum absolute atomic E-state index is 12.3. The molecule has 0 atom stereocenters. The predicted molar refractivity (Wildman–Crippen MR) is 83.9 cm³/mol. The van der Waals surface area contributed by atoms with Crippen LogP contribution in [0, 0.1) is 0 Å². The van der Waals surface area contributed by atoms with E-state index in [0.717, 1.165) is 13.0 Å². The van der Waals surface area contributed by atoms with Gasteiger partial charge in [-0.25, -0.2) is 14.8 Å². The summed E-state index contributed by atoms with van der Waals surface area (Å²) in [4.78, 5) is 20.6. The number of aryl methyl sites for hydroxylation is 1. The molecule has 1 aromatic carbocycles. The molecule has 0 fully saturated rings. The van der Waals surface area contributed by atoms with Crippen LogP contribution >= 0.6 is 11.6 Å². The Morgan fingerprint density at radius 2 is 2.00 bits per heavy atom. The third kappa shape index (κ3) is 3.59. The van der Waals surface area contributed by atoms with E-state index in [1.807, 2.05) is 26.0 Å². The molecule has 0 saturated heterocycles. The molecule has 2 aromatic rings. The van der Waals surface area contributed by atoms with Crippen molar-refractivity contribution in [3.63, 3.8) is 0 Å². The molecule has 0 unspecified atom stereocenters. The van der Waals surface area contributed by atoms with Gasteiger partial charge in [0.2, 0.25) is 5.95 Å². The van der Waals surface area contributed by atoms with Gasteiger partial charge in [0, 0.05) is 13.0 Å². The summed E-state index contributed by atoms with van der Waals surface area (Å²) >= 11 is 6.16. The van der Waals surface area contributed by atoms with Crippen molar-refractivity contribution in [1.29, 1.82) is 0 Å². The maximum atomic E-state index is 12.3. The van der Waals surface area contributed by atoms with Crippen LogP contribution in [0.1, 0.15) is 26.1 Å². The first-order chi connectivity index (χ1) is 10.2.